The van der Waals surface area contributed by atoms with Crippen molar-refractivity contribution in [3.05, 3.63) is 47.7 Å². The number of rotatable bonds is 3. The highest BCUT2D eigenvalue weighted by Crippen LogP contribution is 2.11. The number of nitrogens with two attached hydrogens (primary N) is 1. The predicted octanol–water partition coefficient (Wildman–Crippen LogP) is 1.03. The third-order valence-electron chi connectivity index (χ3n) is 2.51. The van der Waals surface area contributed by atoms with Gasteiger partial charge in [0.15, 0.2) is 5.03 Å². The van der Waals surface area contributed by atoms with Crippen molar-refractivity contribution in [1.29, 1.82) is 0 Å². The van der Waals surface area contributed by atoms with Crippen LogP contribution in [-0.4, -0.2) is 18.0 Å². The Bertz CT molecular complexity index is 662. The van der Waals surface area contributed by atoms with Crippen molar-refractivity contribution in [2.75, 3.05) is 0 Å². The summed E-state index contributed by atoms with van der Waals surface area (Å²) in [6, 6.07) is 5.96. The number of aryl methyl sites for hydroxylation is 1. The van der Waals surface area contributed by atoms with Gasteiger partial charge in [-0.15, -0.1) is 0 Å². The smallest absolute Gasteiger partial charge is 0.257 e. The molecule has 0 saturated heterocycles. The van der Waals surface area contributed by atoms with Gasteiger partial charge in [0.1, 0.15) is 11.6 Å². The zero-order valence-corrected chi connectivity index (χ0v) is 10.5. The molecule has 0 amide bonds. The van der Waals surface area contributed by atoms with Gasteiger partial charge in [0, 0.05) is 12.7 Å². The number of hydrogen-bond donors (Lipinski definition) is 1. The fraction of sp³-hybridized carbons (Fsp3) is 0.182. The van der Waals surface area contributed by atoms with E-state index in [4.69, 9.17) is 5.14 Å². The van der Waals surface area contributed by atoms with Crippen molar-refractivity contribution < 1.29 is 12.8 Å². The minimum Gasteiger partial charge on any atom is -0.329 e. The van der Waals surface area contributed by atoms with Crippen molar-refractivity contribution >= 4 is 10.0 Å². The van der Waals surface area contributed by atoms with Gasteiger partial charge in [0.25, 0.3) is 10.0 Å². The average molecular weight is 269 g/mol. The minimum atomic E-state index is -3.80. The van der Waals surface area contributed by atoms with Crippen molar-refractivity contribution in [2.45, 2.75) is 18.5 Å². The van der Waals surface area contributed by atoms with Gasteiger partial charge < -0.3 is 4.57 Å². The lowest BCUT2D eigenvalue weighted by molar-refractivity contribution is 0.594. The first-order valence-electron chi connectivity index (χ1n) is 5.17. The zero-order chi connectivity index (χ0) is 13.3. The Hall–Kier alpha value is -1.73. The van der Waals surface area contributed by atoms with E-state index < -0.39 is 10.0 Å². The monoisotopic (exact) mass is 269 g/mol. The van der Waals surface area contributed by atoms with Gasteiger partial charge in [-0.05, 0) is 24.6 Å². The number of nitrogens with zero attached hydrogens (tertiary/aromatic N) is 2. The van der Waals surface area contributed by atoms with E-state index in [1.54, 1.807) is 23.6 Å². The van der Waals surface area contributed by atoms with Gasteiger partial charge in [-0.2, -0.15) is 0 Å². The van der Waals surface area contributed by atoms with Crippen molar-refractivity contribution in [3.63, 3.8) is 0 Å². The third-order valence-corrected chi connectivity index (χ3v) is 3.29. The summed E-state index contributed by atoms with van der Waals surface area (Å²) in [5, 5.41) is 4.83. The summed E-state index contributed by atoms with van der Waals surface area (Å²) in [4.78, 5) is 3.87. The van der Waals surface area contributed by atoms with Gasteiger partial charge in [-0.3, -0.25) is 0 Å². The van der Waals surface area contributed by atoms with Crippen LogP contribution in [0.4, 0.5) is 4.39 Å². The Balaban J connectivity index is 2.30. The summed E-state index contributed by atoms with van der Waals surface area (Å²) in [6.07, 6.45) is 1.37. The molecule has 1 aromatic carbocycles. The van der Waals surface area contributed by atoms with Crippen LogP contribution in [0.2, 0.25) is 0 Å². The van der Waals surface area contributed by atoms with E-state index in [1.807, 2.05) is 0 Å². The molecule has 2 aromatic rings. The molecule has 1 heterocycles. The van der Waals surface area contributed by atoms with Gasteiger partial charge in [0.05, 0.1) is 0 Å². The first-order chi connectivity index (χ1) is 8.36. The molecule has 0 unspecified atom stereocenters. The highest BCUT2D eigenvalue weighted by atomic mass is 32.2. The van der Waals surface area contributed by atoms with Gasteiger partial charge in [-0.1, -0.05) is 12.1 Å². The van der Waals surface area contributed by atoms with Crippen LogP contribution in [0.3, 0.4) is 0 Å². The van der Waals surface area contributed by atoms with E-state index in [1.165, 1.54) is 18.3 Å². The maximum absolute atomic E-state index is 12.8. The molecule has 7 heteroatoms. The molecule has 0 radical (unpaired) electrons. The second kappa shape index (κ2) is 4.51. The highest BCUT2D eigenvalue weighted by Gasteiger charge is 2.14. The molecule has 0 spiro atoms. The van der Waals surface area contributed by atoms with E-state index in [-0.39, 0.29) is 10.8 Å². The number of benzene rings is 1. The maximum Gasteiger partial charge on any atom is 0.257 e. The molecule has 0 aliphatic heterocycles. The van der Waals surface area contributed by atoms with E-state index in [0.29, 0.717) is 12.4 Å². The number of aromatic nitrogens is 2. The van der Waals surface area contributed by atoms with Crippen LogP contribution in [0.1, 0.15) is 11.4 Å². The van der Waals surface area contributed by atoms with E-state index in [9.17, 15) is 12.8 Å². The number of halogens is 1. The molecule has 0 aliphatic rings. The molecule has 5 nitrogen and oxygen atoms in total. The highest BCUT2D eigenvalue weighted by molar-refractivity contribution is 7.89. The summed E-state index contributed by atoms with van der Waals surface area (Å²) in [7, 11) is -3.80. The summed E-state index contributed by atoms with van der Waals surface area (Å²) in [5.74, 6) is 0.217. The second-order valence-corrected chi connectivity index (χ2v) is 5.43. The topological polar surface area (TPSA) is 78.0 Å². The summed E-state index contributed by atoms with van der Waals surface area (Å²) < 4.78 is 36.7. The third kappa shape index (κ3) is 2.74. The SMILES string of the molecule is Cc1nc(S(N)(=O)=O)cn1Cc1ccc(F)cc1. The first kappa shape index (κ1) is 12.7. The normalized spacial score (nSPS) is 11.7. The largest absolute Gasteiger partial charge is 0.329 e. The van der Waals surface area contributed by atoms with Crippen LogP contribution in [0.15, 0.2) is 35.5 Å². The minimum absolute atomic E-state index is 0.165. The molecule has 0 atom stereocenters. The lowest BCUT2D eigenvalue weighted by Gasteiger charge is -2.04. The quantitative estimate of drug-likeness (QED) is 0.903. The van der Waals surface area contributed by atoms with Crippen LogP contribution in [0.25, 0.3) is 0 Å². The van der Waals surface area contributed by atoms with Crippen LogP contribution in [0.5, 0.6) is 0 Å². The molecule has 0 aliphatic carbocycles. The number of hydrogen-bond acceptors (Lipinski definition) is 3. The van der Waals surface area contributed by atoms with Gasteiger partial charge in [-0.25, -0.2) is 22.9 Å². The molecule has 2 N–H and O–H groups in total. The standard InChI is InChI=1S/C11H12FN3O2S/c1-8-14-11(18(13,16)17)7-15(8)6-9-2-4-10(12)5-3-9/h2-5,7H,6H2,1H3,(H2,13,16,17). The molecular formula is C11H12FN3O2S. The Morgan fingerprint density at radius 3 is 2.44 bits per heavy atom. The first-order valence-corrected chi connectivity index (χ1v) is 6.72. The number of primary sulfonamides is 1. The Kier molecular flexibility index (Phi) is 3.18. The van der Waals surface area contributed by atoms with E-state index in [0.717, 1.165) is 5.56 Å². The fourth-order valence-electron chi connectivity index (χ4n) is 1.56. The summed E-state index contributed by atoms with van der Waals surface area (Å²) >= 11 is 0. The molecule has 96 valence electrons. The summed E-state index contributed by atoms with van der Waals surface area (Å²) in [6.45, 7) is 2.09. The van der Waals surface area contributed by atoms with Crippen LogP contribution >= 0.6 is 0 Å². The van der Waals surface area contributed by atoms with Gasteiger partial charge >= 0.3 is 0 Å². The van der Waals surface area contributed by atoms with Crippen LogP contribution < -0.4 is 5.14 Å². The average Bonchev–Trinajstić information content (AvgIpc) is 2.63. The van der Waals surface area contributed by atoms with E-state index >= 15 is 0 Å². The molecule has 0 saturated carbocycles. The molecule has 2 rings (SSSR count). The van der Waals surface area contributed by atoms with E-state index in [2.05, 4.69) is 4.98 Å². The van der Waals surface area contributed by atoms with Crippen molar-refractivity contribution in [1.82, 2.24) is 9.55 Å². The lowest BCUT2D eigenvalue weighted by atomic mass is 10.2. The molecule has 18 heavy (non-hydrogen) atoms. The molecule has 0 bridgehead atoms. The molecular weight excluding hydrogens is 257 g/mol. The Morgan fingerprint density at radius 2 is 1.94 bits per heavy atom. The molecule has 1 aromatic heterocycles. The predicted molar refractivity (Wildman–Crippen MR) is 63.8 cm³/mol. The Labute approximate surface area is 104 Å². The fourth-order valence-corrected chi connectivity index (χ4v) is 2.10. The van der Waals surface area contributed by atoms with Crippen LogP contribution in [-0.2, 0) is 16.6 Å². The number of sulfonamides is 1. The summed E-state index contributed by atoms with van der Waals surface area (Å²) in [5.41, 5.74) is 0.845. The number of imidazole rings is 1. The van der Waals surface area contributed by atoms with Crippen LogP contribution in [0, 0.1) is 12.7 Å². The van der Waals surface area contributed by atoms with Gasteiger partial charge in [0.2, 0.25) is 0 Å². The second-order valence-electron chi connectivity index (χ2n) is 3.93. The molecule has 0 fully saturated rings. The van der Waals surface area contributed by atoms with Crippen molar-refractivity contribution in [2.24, 2.45) is 5.14 Å². The lowest BCUT2D eigenvalue weighted by Crippen LogP contribution is -2.12. The Morgan fingerprint density at radius 1 is 1.33 bits per heavy atom. The maximum atomic E-state index is 12.8. The van der Waals surface area contributed by atoms with Crippen molar-refractivity contribution in [3.8, 4) is 0 Å². The zero-order valence-electron chi connectivity index (χ0n) is 9.67.